The molecule has 0 aromatic carbocycles. The second kappa shape index (κ2) is 11.1. The smallest absolute Gasteiger partial charge is 0.00851 e. The molecule has 8 atom stereocenters. The van der Waals surface area contributed by atoms with E-state index in [2.05, 4.69) is 47.3 Å². The second-order valence-electron chi connectivity index (χ2n) is 12.3. The molecule has 0 nitrogen and oxygen atoms in total. The van der Waals surface area contributed by atoms with E-state index < -0.39 is 0 Å². The van der Waals surface area contributed by atoms with Gasteiger partial charge in [0.25, 0.3) is 0 Å². The van der Waals surface area contributed by atoms with E-state index in [4.69, 9.17) is 0 Å². The molecule has 3 fully saturated rings. The molecule has 4 aliphatic rings. The van der Waals surface area contributed by atoms with Gasteiger partial charge in [-0.2, -0.15) is 0 Å². The zero-order chi connectivity index (χ0) is 23.4. The number of hydrogen-bond acceptors (Lipinski definition) is 0. The molecule has 31 heavy (non-hydrogen) atoms. The van der Waals surface area contributed by atoms with Crippen molar-refractivity contribution in [2.45, 2.75) is 127 Å². The number of allylic oxidation sites excluding steroid dienone is 3. The summed E-state index contributed by atoms with van der Waals surface area (Å²) in [6, 6.07) is 0. The zero-order valence-corrected chi connectivity index (χ0v) is 22.8. The first kappa shape index (κ1) is 26.7. The Labute approximate surface area is 196 Å². The minimum Gasteiger partial charge on any atom is -0.100 e. The average molecular weight is 429 g/mol. The van der Waals surface area contributed by atoms with Gasteiger partial charge >= 0.3 is 0 Å². The van der Waals surface area contributed by atoms with Crippen LogP contribution in [0.3, 0.4) is 0 Å². The summed E-state index contributed by atoms with van der Waals surface area (Å²) in [5.41, 5.74) is 4.24. The van der Waals surface area contributed by atoms with Crippen molar-refractivity contribution in [3.05, 3.63) is 23.8 Å². The van der Waals surface area contributed by atoms with Crippen molar-refractivity contribution >= 4 is 0 Å². The van der Waals surface area contributed by atoms with Crippen LogP contribution in [0.1, 0.15) is 127 Å². The quantitative estimate of drug-likeness (QED) is 0.392. The third-order valence-corrected chi connectivity index (χ3v) is 9.85. The monoisotopic (exact) mass is 428 g/mol. The molecule has 4 unspecified atom stereocenters. The maximum atomic E-state index is 3.56. The van der Waals surface area contributed by atoms with E-state index in [1.807, 2.05) is 33.3 Å². The SMILES string of the molecule is C=C(C)C.CC.CCC[C@@H](C)C1CCC2C3CC=C4C[C@@H](C)CC[C@]4(C)C3CC[C@@]21C. The Kier molecular flexibility index (Phi) is 9.54. The maximum absolute atomic E-state index is 3.56. The lowest BCUT2D eigenvalue weighted by Gasteiger charge is -2.58. The first-order chi connectivity index (χ1) is 14.6. The number of fused-ring (bicyclic) bond motifs is 5. The van der Waals surface area contributed by atoms with Crippen molar-refractivity contribution in [2.75, 3.05) is 0 Å². The van der Waals surface area contributed by atoms with E-state index in [1.165, 1.54) is 69.8 Å². The Balaban J connectivity index is 0.000000513. The van der Waals surface area contributed by atoms with Gasteiger partial charge in [-0.15, -0.1) is 6.58 Å². The van der Waals surface area contributed by atoms with Crippen LogP contribution in [-0.2, 0) is 0 Å². The van der Waals surface area contributed by atoms with Gasteiger partial charge in [-0.3, -0.25) is 0 Å². The molecule has 0 saturated heterocycles. The van der Waals surface area contributed by atoms with Crippen LogP contribution >= 0.6 is 0 Å². The molecular formula is C31H56. The normalized spacial score (nSPS) is 41.7. The first-order valence-electron chi connectivity index (χ1n) is 13.9. The van der Waals surface area contributed by atoms with Crippen LogP contribution in [0.15, 0.2) is 23.8 Å². The van der Waals surface area contributed by atoms with Gasteiger partial charge in [-0.05, 0) is 112 Å². The maximum Gasteiger partial charge on any atom is -0.00851 e. The first-order valence-corrected chi connectivity index (χ1v) is 13.9. The molecule has 0 aromatic rings. The van der Waals surface area contributed by atoms with E-state index in [1.54, 1.807) is 0 Å². The van der Waals surface area contributed by atoms with Gasteiger partial charge in [0, 0.05) is 0 Å². The van der Waals surface area contributed by atoms with Crippen molar-refractivity contribution in [1.82, 2.24) is 0 Å². The molecule has 0 bridgehead atoms. The highest BCUT2D eigenvalue weighted by atomic mass is 14.6. The lowest BCUT2D eigenvalue weighted by molar-refractivity contribution is -0.0521. The largest absolute Gasteiger partial charge is 0.100 e. The van der Waals surface area contributed by atoms with Crippen LogP contribution in [-0.4, -0.2) is 0 Å². The number of rotatable bonds is 3. The van der Waals surface area contributed by atoms with Gasteiger partial charge < -0.3 is 0 Å². The molecule has 4 rings (SSSR count). The van der Waals surface area contributed by atoms with Crippen molar-refractivity contribution in [3.8, 4) is 0 Å². The van der Waals surface area contributed by atoms with E-state index in [0.29, 0.717) is 10.8 Å². The van der Waals surface area contributed by atoms with Crippen LogP contribution in [0, 0.1) is 46.3 Å². The molecule has 0 aliphatic heterocycles. The summed E-state index contributed by atoms with van der Waals surface area (Å²) in [6.45, 7) is 24.3. The summed E-state index contributed by atoms with van der Waals surface area (Å²) < 4.78 is 0. The summed E-state index contributed by atoms with van der Waals surface area (Å²) in [4.78, 5) is 0. The van der Waals surface area contributed by atoms with Crippen LogP contribution in [0.25, 0.3) is 0 Å². The van der Waals surface area contributed by atoms with Gasteiger partial charge in [-0.25, -0.2) is 0 Å². The van der Waals surface area contributed by atoms with Crippen molar-refractivity contribution in [1.29, 1.82) is 0 Å². The van der Waals surface area contributed by atoms with Crippen molar-refractivity contribution < 1.29 is 0 Å². The summed E-state index contributed by atoms with van der Waals surface area (Å²) in [5, 5.41) is 0. The van der Waals surface area contributed by atoms with E-state index in [0.717, 1.165) is 35.5 Å². The second-order valence-corrected chi connectivity index (χ2v) is 12.3. The Hall–Kier alpha value is -0.520. The lowest BCUT2D eigenvalue weighted by Crippen LogP contribution is -2.50. The van der Waals surface area contributed by atoms with Crippen molar-refractivity contribution in [2.24, 2.45) is 46.3 Å². The van der Waals surface area contributed by atoms with Crippen molar-refractivity contribution in [3.63, 3.8) is 0 Å². The summed E-state index contributed by atoms with van der Waals surface area (Å²) >= 11 is 0. The molecule has 180 valence electrons. The molecule has 4 aliphatic carbocycles. The summed E-state index contributed by atoms with van der Waals surface area (Å²) in [5.74, 6) is 5.89. The van der Waals surface area contributed by atoms with E-state index in [-0.39, 0.29) is 0 Å². The Bertz CT molecular complexity index is 608. The fourth-order valence-electron chi connectivity index (χ4n) is 8.47. The van der Waals surface area contributed by atoms with Crippen LogP contribution in [0.4, 0.5) is 0 Å². The third kappa shape index (κ3) is 5.35. The fourth-order valence-corrected chi connectivity index (χ4v) is 8.47. The Morgan fingerprint density at radius 3 is 2.32 bits per heavy atom. The van der Waals surface area contributed by atoms with Crippen LogP contribution in [0.2, 0.25) is 0 Å². The molecule has 0 aromatic heterocycles. The standard InChI is InChI=1S/C25H42.C4H8.C2H6/c1-6-7-18(3)21-10-11-22-20-9-8-19-16-17(2)12-14-24(19,4)23(20)13-15-25(21,22)5;1-4(2)3;1-2/h8,17-18,20-23H,6-7,9-16H2,1-5H3;1H2,2-3H3;1-2H3/t17-,18+,20?,21?,22?,23?,24-,25+;;/m0../s1. The highest BCUT2D eigenvalue weighted by Gasteiger charge is 2.58. The molecule has 3 saturated carbocycles. The molecule has 0 heteroatoms. The van der Waals surface area contributed by atoms with Gasteiger partial charge in [0.1, 0.15) is 0 Å². The average Bonchev–Trinajstić information content (AvgIpc) is 3.07. The fraction of sp³-hybridized carbons (Fsp3) is 0.871. The molecule has 0 heterocycles. The zero-order valence-electron chi connectivity index (χ0n) is 22.8. The topological polar surface area (TPSA) is 0 Å². The molecule has 0 N–H and O–H groups in total. The predicted molar refractivity (Wildman–Crippen MR) is 140 cm³/mol. The molecule has 0 spiro atoms. The summed E-state index contributed by atoms with van der Waals surface area (Å²) in [7, 11) is 0. The Morgan fingerprint density at radius 1 is 1.06 bits per heavy atom. The molecular weight excluding hydrogens is 372 g/mol. The van der Waals surface area contributed by atoms with E-state index in [9.17, 15) is 0 Å². The Morgan fingerprint density at radius 2 is 1.71 bits per heavy atom. The minimum atomic E-state index is 0.559. The predicted octanol–water partition coefficient (Wildman–Crippen LogP) is 10.2. The minimum absolute atomic E-state index is 0.559. The number of hydrogen-bond donors (Lipinski definition) is 0. The van der Waals surface area contributed by atoms with Crippen LogP contribution in [0.5, 0.6) is 0 Å². The van der Waals surface area contributed by atoms with Gasteiger partial charge in [0.05, 0.1) is 0 Å². The third-order valence-electron chi connectivity index (χ3n) is 9.85. The lowest BCUT2D eigenvalue weighted by atomic mass is 9.46. The highest BCUT2D eigenvalue weighted by molar-refractivity contribution is 5.25. The summed E-state index contributed by atoms with van der Waals surface area (Å²) in [6.07, 6.45) is 17.4. The highest BCUT2D eigenvalue weighted by Crippen LogP contribution is 2.67. The van der Waals surface area contributed by atoms with E-state index >= 15 is 0 Å². The molecule has 0 amide bonds. The van der Waals surface area contributed by atoms with Crippen LogP contribution < -0.4 is 0 Å². The van der Waals surface area contributed by atoms with Gasteiger partial charge in [0.15, 0.2) is 0 Å². The molecule has 0 radical (unpaired) electrons. The van der Waals surface area contributed by atoms with Gasteiger partial charge in [0.2, 0.25) is 0 Å². The van der Waals surface area contributed by atoms with Gasteiger partial charge in [-0.1, -0.05) is 78.5 Å².